The molecule has 0 aromatic carbocycles. The van der Waals surface area contributed by atoms with Crippen LogP contribution in [0.25, 0.3) is 0 Å². The molecule has 9 heteroatoms. The van der Waals surface area contributed by atoms with E-state index in [1.807, 2.05) is 13.8 Å². The van der Waals surface area contributed by atoms with Gasteiger partial charge in [-0.2, -0.15) is 26.3 Å². The van der Waals surface area contributed by atoms with Crippen molar-refractivity contribution < 1.29 is 41.0 Å². The third kappa shape index (κ3) is 3.13. The standard InChI is InChI=1S/C18H26F6O3/c1-5-15(6-2,16(26,17(19,20)21)18(22,23)24)27-14(25)13-8-11-7-12(13)10(4)9(11)3/h9-13,26H,5-8H2,1-4H3. The summed E-state index contributed by atoms with van der Waals surface area (Å²) >= 11 is 0. The lowest BCUT2D eigenvalue weighted by Gasteiger charge is -2.47. The summed E-state index contributed by atoms with van der Waals surface area (Å²) in [5.41, 5.74) is -8.26. The molecule has 2 fully saturated rings. The molecule has 0 aromatic rings. The Hall–Kier alpha value is -0.990. The Balaban J connectivity index is 2.38. The fourth-order valence-electron chi connectivity index (χ4n) is 5.14. The molecule has 2 saturated carbocycles. The van der Waals surface area contributed by atoms with Gasteiger partial charge in [0.2, 0.25) is 0 Å². The summed E-state index contributed by atoms with van der Waals surface area (Å²) in [6, 6.07) is 0. The zero-order chi connectivity index (χ0) is 21.0. The molecule has 1 N–H and O–H groups in total. The van der Waals surface area contributed by atoms with Crippen molar-refractivity contribution in [3.05, 3.63) is 0 Å². The van der Waals surface area contributed by atoms with Crippen LogP contribution in [0.3, 0.4) is 0 Å². The average Bonchev–Trinajstić information content (AvgIpc) is 3.10. The maximum atomic E-state index is 13.4. The number of rotatable bonds is 5. The number of fused-ring (bicyclic) bond motifs is 2. The van der Waals surface area contributed by atoms with Crippen LogP contribution in [0.5, 0.6) is 0 Å². The summed E-state index contributed by atoms with van der Waals surface area (Å²) < 4.78 is 85.3. The molecule has 0 amide bonds. The lowest BCUT2D eigenvalue weighted by Crippen LogP contribution is -2.72. The Bertz CT molecular complexity index is 550. The Kier molecular flexibility index (Phi) is 5.63. The number of alkyl halides is 6. The van der Waals surface area contributed by atoms with E-state index in [2.05, 4.69) is 0 Å². The van der Waals surface area contributed by atoms with E-state index in [0.717, 1.165) is 20.3 Å². The summed E-state index contributed by atoms with van der Waals surface area (Å²) in [6.07, 6.45) is -12.6. The molecule has 5 atom stereocenters. The highest BCUT2D eigenvalue weighted by Crippen LogP contribution is 2.57. The minimum absolute atomic E-state index is 0.117. The number of ether oxygens (including phenoxy) is 1. The van der Waals surface area contributed by atoms with E-state index in [1.54, 1.807) is 0 Å². The van der Waals surface area contributed by atoms with E-state index in [0.29, 0.717) is 12.3 Å². The second-order valence-electron chi connectivity index (χ2n) is 8.05. The number of hydrogen-bond acceptors (Lipinski definition) is 3. The molecule has 3 nitrogen and oxygen atoms in total. The lowest BCUT2D eigenvalue weighted by molar-refractivity contribution is -0.414. The maximum absolute atomic E-state index is 13.4. The summed E-state index contributed by atoms with van der Waals surface area (Å²) in [5.74, 6) is -1.22. The van der Waals surface area contributed by atoms with Crippen molar-refractivity contribution in [1.82, 2.24) is 0 Å². The highest BCUT2D eigenvalue weighted by molar-refractivity contribution is 5.74. The van der Waals surface area contributed by atoms with Gasteiger partial charge in [0.15, 0.2) is 5.60 Å². The topological polar surface area (TPSA) is 46.5 Å². The van der Waals surface area contributed by atoms with Crippen LogP contribution >= 0.6 is 0 Å². The van der Waals surface area contributed by atoms with Crippen LogP contribution in [0.2, 0.25) is 0 Å². The number of carbonyl (C=O) groups is 1. The SMILES string of the molecule is CCC(CC)(OC(=O)C1CC2CC1C(C)C2C)C(O)(C(F)(F)F)C(F)(F)F. The fraction of sp³-hybridized carbons (Fsp3) is 0.944. The molecular formula is C18H26F6O3. The number of halogens is 6. The van der Waals surface area contributed by atoms with Crippen LogP contribution in [0.4, 0.5) is 26.3 Å². The molecule has 2 aliphatic rings. The van der Waals surface area contributed by atoms with Gasteiger partial charge in [0.1, 0.15) is 0 Å². The fourth-order valence-corrected chi connectivity index (χ4v) is 5.14. The van der Waals surface area contributed by atoms with Gasteiger partial charge in [-0.3, -0.25) is 4.79 Å². The molecular weight excluding hydrogens is 378 g/mol. The molecule has 5 unspecified atom stereocenters. The van der Waals surface area contributed by atoms with Crippen molar-refractivity contribution in [2.24, 2.45) is 29.6 Å². The van der Waals surface area contributed by atoms with Crippen molar-refractivity contribution in [2.75, 3.05) is 0 Å². The molecule has 0 aromatic heterocycles. The minimum atomic E-state index is -6.05. The molecule has 27 heavy (non-hydrogen) atoms. The van der Waals surface area contributed by atoms with Crippen molar-refractivity contribution >= 4 is 5.97 Å². The monoisotopic (exact) mass is 404 g/mol. The number of esters is 1. The smallest absolute Gasteiger partial charge is 0.430 e. The third-order valence-electron chi connectivity index (χ3n) is 7.12. The van der Waals surface area contributed by atoms with Crippen LogP contribution in [-0.4, -0.2) is 34.6 Å². The van der Waals surface area contributed by atoms with E-state index in [4.69, 9.17) is 4.74 Å². The van der Waals surface area contributed by atoms with Gasteiger partial charge in [0.05, 0.1) is 5.92 Å². The van der Waals surface area contributed by atoms with Crippen LogP contribution in [0.1, 0.15) is 53.4 Å². The van der Waals surface area contributed by atoms with Crippen LogP contribution in [-0.2, 0) is 9.53 Å². The van der Waals surface area contributed by atoms with Gasteiger partial charge in [-0.05, 0) is 49.4 Å². The molecule has 2 aliphatic carbocycles. The van der Waals surface area contributed by atoms with Gasteiger partial charge in [-0.25, -0.2) is 0 Å². The first kappa shape index (κ1) is 22.3. The first-order valence-corrected chi connectivity index (χ1v) is 9.25. The maximum Gasteiger partial charge on any atom is 0.430 e. The van der Waals surface area contributed by atoms with Gasteiger partial charge in [-0.1, -0.05) is 27.7 Å². The van der Waals surface area contributed by atoms with Gasteiger partial charge in [0, 0.05) is 0 Å². The van der Waals surface area contributed by atoms with E-state index in [9.17, 15) is 36.2 Å². The van der Waals surface area contributed by atoms with Gasteiger partial charge < -0.3 is 9.84 Å². The van der Waals surface area contributed by atoms with Crippen molar-refractivity contribution in [3.8, 4) is 0 Å². The second kappa shape index (κ2) is 6.81. The summed E-state index contributed by atoms with van der Waals surface area (Å²) in [5, 5.41) is 9.88. The van der Waals surface area contributed by atoms with E-state index >= 15 is 0 Å². The second-order valence-corrected chi connectivity index (χ2v) is 8.05. The zero-order valence-electron chi connectivity index (χ0n) is 15.7. The average molecular weight is 404 g/mol. The Labute approximate surface area is 154 Å². The summed E-state index contributed by atoms with van der Waals surface area (Å²) in [7, 11) is 0. The van der Waals surface area contributed by atoms with Crippen LogP contribution in [0, 0.1) is 29.6 Å². The minimum Gasteiger partial charge on any atom is -0.455 e. The van der Waals surface area contributed by atoms with Crippen molar-refractivity contribution in [3.63, 3.8) is 0 Å². The van der Waals surface area contributed by atoms with Crippen LogP contribution in [0.15, 0.2) is 0 Å². The van der Waals surface area contributed by atoms with Crippen molar-refractivity contribution in [1.29, 1.82) is 0 Å². The highest BCUT2D eigenvalue weighted by Gasteiger charge is 2.80. The van der Waals surface area contributed by atoms with E-state index < -0.39 is 48.3 Å². The van der Waals surface area contributed by atoms with Gasteiger partial charge in [-0.15, -0.1) is 0 Å². The van der Waals surface area contributed by atoms with E-state index in [-0.39, 0.29) is 17.8 Å². The van der Waals surface area contributed by atoms with Gasteiger partial charge >= 0.3 is 18.3 Å². The van der Waals surface area contributed by atoms with Gasteiger partial charge in [0.25, 0.3) is 5.60 Å². The Morgan fingerprint density at radius 2 is 1.44 bits per heavy atom. The normalized spacial score (nSPS) is 32.0. The number of aliphatic hydroxyl groups is 1. The van der Waals surface area contributed by atoms with Crippen molar-refractivity contribution in [2.45, 2.75) is 76.9 Å². The van der Waals surface area contributed by atoms with E-state index in [1.165, 1.54) is 0 Å². The molecule has 2 bridgehead atoms. The molecule has 2 rings (SSSR count). The largest absolute Gasteiger partial charge is 0.455 e. The Morgan fingerprint density at radius 3 is 1.78 bits per heavy atom. The number of hydrogen-bond donors (Lipinski definition) is 1. The first-order chi connectivity index (χ1) is 12.2. The molecule has 158 valence electrons. The Morgan fingerprint density at radius 1 is 0.963 bits per heavy atom. The molecule has 0 spiro atoms. The molecule has 0 aliphatic heterocycles. The molecule has 0 saturated heterocycles. The quantitative estimate of drug-likeness (QED) is 0.525. The molecule has 0 radical (unpaired) electrons. The summed E-state index contributed by atoms with van der Waals surface area (Å²) in [4.78, 5) is 12.7. The predicted molar refractivity (Wildman–Crippen MR) is 84.5 cm³/mol. The molecule has 0 heterocycles. The first-order valence-electron chi connectivity index (χ1n) is 9.25. The zero-order valence-corrected chi connectivity index (χ0v) is 15.7. The van der Waals surface area contributed by atoms with Crippen LogP contribution < -0.4 is 0 Å². The highest BCUT2D eigenvalue weighted by atomic mass is 19.4. The third-order valence-corrected chi connectivity index (χ3v) is 7.12. The lowest BCUT2D eigenvalue weighted by atomic mass is 9.74. The predicted octanol–water partition coefficient (Wildman–Crippen LogP) is 4.87. The number of carbonyl (C=O) groups excluding carboxylic acids is 1. The summed E-state index contributed by atoms with van der Waals surface area (Å²) in [6.45, 7) is 6.06.